The monoisotopic (exact) mass is 295 g/mol. The molecule has 0 aromatic heterocycles. The molecule has 0 spiro atoms. The van der Waals surface area contributed by atoms with Gasteiger partial charge in [-0.1, -0.05) is 74.5 Å². The molecule has 1 aliphatic rings. The molecule has 1 unspecified atom stereocenters. The van der Waals surface area contributed by atoms with E-state index in [0.29, 0.717) is 0 Å². The highest BCUT2D eigenvalue weighted by Crippen LogP contribution is 2.46. The van der Waals surface area contributed by atoms with Crippen molar-refractivity contribution in [2.24, 2.45) is 11.8 Å². The normalized spacial score (nSPS) is 35.3. The lowest BCUT2D eigenvalue weighted by Gasteiger charge is -2.50. The summed E-state index contributed by atoms with van der Waals surface area (Å²) < 4.78 is 0. The van der Waals surface area contributed by atoms with Gasteiger partial charge in [-0.3, -0.25) is 0 Å². The van der Waals surface area contributed by atoms with Gasteiger partial charge < -0.3 is 10.4 Å². The topological polar surface area (TPSA) is 32.3 Å². The molecule has 2 nitrogen and oxygen atoms in total. The van der Waals surface area contributed by atoms with Gasteiger partial charge in [-0.15, -0.1) is 0 Å². The van der Waals surface area contributed by atoms with E-state index < -0.39 is 5.60 Å². The molecule has 2 N–H and O–H groups in total. The van der Waals surface area contributed by atoms with E-state index in [4.69, 9.17) is 0 Å². The van der Waals surface area contributed by atoms with Crippen molar-refractivity contribution in [3.8, 4) is 0 Å². The van der Waals surface area contributed by atoms with Gasteiger partial charge in [0.05, 0.1) is 5.60 Å². The van der Waals surface area contributed by atoms with Crippen LogP contribution < -0.4 is 5.32 Å². The van der Waals surface area contributed by atoms with E-state index in [9.17, 15) is 5.11 Å². The Morgan fingerprint density at radius 1 is 0.773 bits per heavy atom. The van der Waals surface area contributed by atoms with Crippen LogP contribution in [0.5, 0.6) is 0 Å². The number of hydrogen-bond acceptors (Lipinski definition) is 2. The molecular formula is C20H25NO. The van der Waals surface area contributed by atoms with Crippen LogP contribution in [0.1, 0.15) is 44.0 Å². The summed E-state index contributed by atoms with van der Waals surface area (Å²) in [6.07, 6.45) is 0. The Morgan fingerprint density at radius 3 is 1.50 bits per heavy atom. The van der Waals surface area contributed by atoms with E-state index in [1.165, 1.54) is 11.1 Å². The Bertz CT molecular complexity index is 555. The molecule has 1 aliphatic heterocycles. The van der Waals surface area contributed by atoms with Gasteiger partial charge in [-0.25, -0.2) is 0 Å². The molecule has 2 aromatic rings. The predicted molar refractivity (Wildman–Crippen MR) is 90.5 cm³/mol. The molecule has 3 rings (SSSR count). The maximum absolute atomic E-state index is 11.1. The van der Waals surface area contributed by atoms with Crippen LogP contribution >= 0.6 is 0 Å². The quantitative estimate of drug-likeness (QED) is 0.874. The molecule has 0 bridgehead atoms. The van der Waals surface area contributed by atoms with Gasteiger partial charge in [0.1, 0.15) is 0 Å². The Balaban J connectivity index is 1.99. The van der Waals surface area contributed by atoms with Crippen molar-refractivity contribution in [1.29, 1.82) is 0 Å². The molecule has 5 atom stereocenters. The number of benzene rings is 2. The van der Waals surface area contributed by atoms with Crippen molar-refractivity contribution >= 4 is 0 Å². The molecule has 1 heterocycles. The number of nitrogens with one attached hydrogen (secondary N) is 1. The zero-order valence-electron chi connectivity index (χ0n) is 13.5. The fourth-order valence-electron chi connectivity index (χ4n) is 3.66. The maximum atomic E-state index is 11.1. The van der Waals surface area contributed by atoms with E-state index in [-0.39, 0.29) is 23.9 Å². The third-order valence-corrected chi connectivity index (χ3v) is 5.52. The summed E-state index contributed by atoms with van der Waals surface area (Å²) >= 11 is 0. The zero-order chi connectivity index (χ0) is 15.7. The molecule has 1 saturated heterocycles. The molecule has 0 saturated carbocycles. The highest BCUT2D eigenvalue weighted by Gasteiger charge is 2.48. The van der Waals surface area contributed by atoms with Gasteiger partial charge in [0.25, 0.3) is 0 Å². The average Bonchev–Trinajstić information content (AvgIpc) is 2.55. The average molecular weight is 295 g/mol. The molecule has 22 heavy (non-hydrogen) atoms. The molecule has 1 fully saturated rings. The second-order valence-electron chi connectivity index (χ2n) is 6.75. The molecule has 0 aliphatic carbocycles. The van der Waals surface area contributed by atoms with Crippen molar-refractivity contribution in [2.75, 3.05) is 0 Å². The van der Waals surface area contributed by atoms with E-state index >= 15 is 0 Å². The molecule has 2 heteroatoms. The Morgan fingerprint density at radius 2 is 1.14 bits per heavy atom. The van der Waals surface area contributed by atoms with Crippen LogP contribution in [-0.4, -0.2) is 10.7 Å². The van der Waals surface area contributed by atoms with Crippen LogP contribution in [0, 0.1) is 11.8 Å². The summed E-state index contributed by atoms with van der Waals surface area (Å²) in [6.45, 7) is 6.26. The first-order valence-electron chi connectivity index (χ1n) is 8.10. The van der Waals surface area contributed by atoms with Crippen LogP contribution in [0.3, 0.4) is 0 Å². The summed E-state index contributed by atoms with van der Waals surface area (Å²) in [6, 6.07) is 21.2. The predicted octanol–water partition coefficient (Wildman–Crippen LogP) is 4.10. The largest absolute Gasteiger partial charge is 0.389 e. The van der Waals surface area contributed by atoms with E-state index in [0.717, 1.165) is 0 Å². The van der Waals surface area contributed by atoms with Crippen LogP contribution in [0.2, 0.25) is 0 Å². The van der Waals surface area contributed by atoms with Crippen LogP contribution in [0.4, 0.5) is 0 Å². The van der Waals surface area contributed by atoms with Gasteiger partial charge in [0.15, 0.2) is 0 Å². The van der Waals surface area contributed by atoms with Gasteiger partial charge in [0, 0.05) is 23.9 Å². The lowest BCUT2D eigenvalue weighted by Crippen LogP contribution is -2.56. The minimum atomic E-state index is -0.716. The van der Waals surface area contributed by atoms with Crippen LogP contribution in [0.15, 0.2) is 60.7 Å². The molecule has 0 amide bonds. The third-order valence-electron chi connectivity index (χ3n) is 5.52. The molecule has 0 radical (unpaired) electrons. The minimum Gasteiger partial charge on any atom is -0.389 e. The SMILES string of the molecule is C[C@@H]1[C@@H](c2ccccc2)N[C@@H](c2ccccc2)[C@@H](C)C1(C)O. The first kappa shape index (κ1) is 15.3. The Hall–Kier alpha value is -1.64. The van der Waals surface area contributed by atoms with E-state index in [2.05, 4.69) is 67.7 Å². The molecular weight excluding hydrogens is 270 g/mol. The fourth-order valence-corrected chi connectivity index (χ4v) is 3.66. The number of hydrogen-bond donors (Lipinski definition) is 2. The maximum Gasteiger partial charge on any atom is 0.0706 e. The third kappa shape index (κ3) is 2.57. The van der Waals surface area contributed by atoms with E-state index in [1.54, 1.807) is 0 Å². The van der Waals surface area contributed by atoms with Crippen LogP contribution in [0.25, 0.3) is 0 Å². The zero-order valence-corrected chi connectivity index (χ0v) is 13.5. The summed E-state index contributed by atoms with van der Waals surface area (Å²) in [5, 5.41) is 14.9. The first-order valence-corrected chi connectivity index (χ1v) is 8.10. The van der Waals surface area contributed by atoms with Gasteiger partial charge in [0.2, 0.25) is 0 Å². The highest BCUT2D eigenvalue weighted by molar-refractivity contribution is 5.27. The van der Waals surface area contributed by atoms with Crippen molar-refractivity contribution in [2.45, 2.75) is 38.5 Å². The number of piperidine rings is 1. The van der Waals surface area contributed by atoms with Crippen molar-refractivity contribution in [1.82, 2.24) is 5.32 Å². The second kappa shape index (κ2) is 5.86. The van der Waals surface area contributed by atoms with Crippen molar-refractivity contribution in [3.63, 3.8) is 0 Å². The van der Waals surface area contributed by atoms with E-state index in [1.807, 2.05) is 19.1 Å². The lowest BCUT2D eigenvalue weighted by molar-refractivity contribution is -0.0960. The van der Waals surface area contributed by atoms with Gasteiger partial charge in [-0.05, 0) is 18.1 Å². The molecule has 2 aromatic carbocycles. The van der Waals surface area contributed by atoms with Crippen LogP contribution in [-0.2, 0) is 0 Å². The first-order chi connectivity index (χ1) is 10.5. The summed E-state index contributed by atoms with van der Waals surface area (Å²) in [5.74, 6) is 0.287. The Labute approximate surface area is 133 Å². The smallest absolute Gasteiger partial charge is 0.0706 e. The standard InChI is InChI=1S/C20H25NO/c1-14-18(16-10-6-4-7-11-16)21-19(15(2)20(14,3)22)17-12-8-5-9-13-17/h4-15,18-19,21-22H,1-3H3/t14-,15-,18-,19+,20?/m1/s1. The van der Waals surface area contributed by atoms with Crippen molar-refractivity contribution < 1.29 is 5.11 Å². The number of aliphatic hydroxyl groups is 1. The second-order valence-corrected chi connectivity index (χ2v) is 6.75. The minimum absolute atomic E-state index is 0.143. The number of rotatable bonds is 2. The summed E-state index contributed by atoms with van der Waals surface area (Å²) in [5.41, 5.74) is 1.76. The Kier molecular flexibility index (Phi) is 4.07. The van der Waals surface area contributed by atoms with Crippen molar-refractivity contribution in [3.05, 3.63) is 71.8 Å². The fraction of sp³-hybridized carbons (Fsp3) is 0.400. The highest BCUT2D eigenvalue weighted by atomic mass is 16.3. The van der Waals surface area contributed by atoms with Gasteiger partial charge >= 0.3 is 0 Å². The van der Waals surface area contributed by atoms with Gasteiger partial charge in [-0.2, -0.15) is 0 Å². The lowest BCUT2D eigenvalue weighted by atomic mass is 9.67. The summed E-state index contributed by atoms with van der Waals surface area (Å²) in [7, 11) is 0. The summed E-state index contributed by atoms with van der Waals surface area (Å²) in [4.78, 5) is 0. The molecule has 116 valence electrons.